The SMILES string of the molecule is CC1=NC(C(=O)N2CCCC[C@H]2Cc2cn3cccc(C)c3n2)C(c2ccccc2)S1. The number of aromatic nitrogens is 2. The Hall–Kier alpha value is -2.60. The van der Waals surface area contributed by atoms with Crippen molar-refractivity contribution in [2.45, 2.75) is 56.9 Å². The summed E-state index contributed by atoms with van der Waals surface area (Å²) in [7, 11) is 0. The van der Waals surface area contributed by atoms with Gasteiger partial charge in [0.25, 0.3) is 0 Å². The van der Waals surface area contributed by atoms with Crippen LogP contribution in [0.25, 0.3) is 5.65 Å². The molecule has 2 aromatic heterocycles. The van der Waals surface area contributed by atoms with Gasteiger partial charge in [0.15, 0.2) is 0 Å². The minimum atomic E-state index is -0.337. The third kappa shape index (κ3) is 4.01. The summed E-state index contributed by atoms with van der Waals surface area (Å²) in [6.45, 7) is 4.91. The topological polar surface area (TPSA) is 50.0 Å². The summed E-state index contributed by atoms with van der Waals surface area (Å²) in [6, 6.07) is 14.3. The standard InChI is InChI=1S/C25H28N4OS/c1-17-9-8-13-28-16-20(27-24(17)28)15-21-12-6-7-14-29(21)25(30)22-23(31-18(2)26-22)19-10-4-3-5-11-19/h3-5,8-11,13,16,21-23H,6-7,12,14-15H2,1-2H3/t21-,22?,23?/m0/s1. The van der Waals surface area contributed by atoms with Crippen LogP contribution in [0.2, 0.25) is 0 Å². The number of likely N-dealkylation sites (tertiary alicyclic amines) is 1. The Morgan fingerprint density at radius 1 is 1.13 bits per heavy atom. The second-order valence-electron chi connectivity index (χ2n) is 8.58. The van der Waals surface area contributed by atoms with Gasteiger partial charge in [-0.15, -0.1) is 11.8 Å². The first-order valence-electron chi connectivity index (χ1n) is 11.1. The number of aryl methyl sites for hydroxylation is 1. The molecule has 4 heterocycles. The first-order valence-corrected chi connectivity index (χ1v) is 12.0. The number of rotatable bonds is 4. The lowest BCUT2D eigenvalue weighted by atomic mass is 9.96. The molecular formula is C25H28N4OS. The average Bonchev–Trinajstić information content (AvgIpc) is 3.38. The molecule has 0 aliphatic carbocycles. The number of amides is 1. The second kappa shape index (κ2) is 8.50. The van der Waals surface area contributed by atoms with Crippen molar-refractivity contribution in [3.05, 3.63) is 71.7 Å². The monoisotopic (exact) mass is 432 g/mol. The summed E-state index contributed by atoms with van der Waals surface area (Å²) < 4.78 is 2.09. The summed E-state index contributed by atoms with van der Waals surface area (Å²) in [6.07, 6.45) is 8.19. The molecule has 160 valence electrons. The number of pyridine rings is 1. The van der Waals surface area contributed by atoms with Crippen LogP contribution in [-0.4, -0.2) is 43.9 Å². The number of nitrogens with zero attached hydrogens (tertiary/aromatic N) is 4. The summed E-state index contributed by atoms with van der Waals surface area (Å²) in [5.74, 6) is 0.169. The van der Waals surface area contributed by atoms with Crippen molar-refractivity contribution in [1.29, 1.82) is 0 Å². The molecule has 2 aliphatic rings. The van der Waals surface area contributed by atoms with E-state index in [2.05, 4.69) is 40.6 Å². The van der Waals surface area contributed by atoms with Crippen LogP contribution >= 0.6 is 11.8 Å². The quantitative estimate of drug-likeness (QED) is 0.593. The number of fused-ring (bicyclic) bond motifs is 1. The molecule has 0 spiro atoms. The molecule has 3 aromatic rings. The van der Waals surface area contributed by atoms with Crippen LogP contribution in [0.15, 0.2) is 59.9 Å². The normalized spacial score (nSPS) is 23.9. The number of piperidine rings is 1. The van der Waals surface area contributed by atoms with Crippen LogP contribution in [0.3, 0.4) is 0 Å². The Kier molecular flexibility index (Phi) is 5.57. The van der Waals surface area contributed by atoms with E-state index in [4.69, 9.17) is 9.98 Å². The van der Waals surface area contributed by atoms with Gasteiger partial charge in [-0.25, -0.2) is 4.98 Å². The van der Waals surface area contributed by atoms with Crippen LogP contribution in [0, 0.1) is 6.92 Å². The Bertz CT molecular complexity index is 1120. The van der Waals surface area contributed by atoms with E-state index in [0.29, 0.717) is 0 Å². The van der Waals surface area contributed by atoms with Crippen LogP contribution in [0.5, 0.6) is 0 Å². The van der Waals surface area contributed by atoms with Crippen molar-refractivity contribution in [3.63, 3.8) is 0 Å². The number of hydrogen-bond donors (Lipinski definition) is 0. The van der Waals surface area contributed by atoms with Crippen LogP contribution in [0.1, 0.15) is 48.3 Å². The van der Waals surface area contributed by atoms with Gasteiger partial charge in [-0.2, -0.15) is 0 Å². The smallest absolute Gasteiger partial charge is 0.249 e. The molecule has 2 aliphatic heterocycles. The highest BCUT2D eigenvalue weighted by atomic mass is 32.2. The van der Waals surface area contributed by atoms with E-state index in [0.717, 1.165) is 48.6 Å². The molecule has 0 N–H and O–H groups in total. The summed E-state index contributed by atoms with van der Waals surface area (Å²) in [5, 5.41) is 1.06. The maximum atomic E-state index is 13.7. The van der Waals surface area contributed by atoms with Crippen molar-refractivity contribution < 1.29 is 4.79 Å². The summed E-state index contributed by atoms with van der Waals surface area (Å²) in [5.41, 5.74) is 4.40. The lowest BCUT2D eigenvalue weighted by Crippen LogP contribution is -2.49. The van der Waals surface area contributed by atoms with Gasteiger partial charge in [0, 0.05) is 31.4 Å². The van der Waals surface area contributed by atoms with Crippen molar-refractivity contribution in [2.75, 3.05) is 6.54 Å². The molecule has 1 fully saturated rings. The molecule has 5 rings (SSSR count). The van der Waals surface area contributed by atoms with Gasteiger partial charge in [0.05, 0.1) is 16.0 Å². The highest BCUT2D eigenvalue weighted by Crippen LogP contribution is 2.41. The van der Waals surface area contributed by atoms with Crippen molar-refractivity contribution in [3.8, 4) is 0 Å². The number of carbonyl (C=O) groups is 1. The van der Waals surface area contributed by atoms with Gasteiger partial charge in [-0.3, -0.25) is 9.79 Å². The highest BCUT2D eigenvalue weighted by Gasteiger charge is 2.40. The molecule has 5 nitrogen and oxygen atoms in total. The second-order valence-corrected chi connectivity index (χ2v) is 9.92. The molecule has 1 aromatic carbocycles. The fraction of sp³-hybridized carbons (Fsp3) is 0.400. The lowest BCUT2D eigenvalue weighted by molar-refractivity contribution is -0.136. The average molecular weight is 433 g/mol. The minimum absolute atomic E-state index is 0.0640. The van der Waals surface area contributed by atoms with Crippen molar-refractivity contribution >= 4 is 28.4 Å². The lowest BCUT2D eigenvalue weighted by Gasteiger charge is -2.37. The van der Waals surface area contributed by atoms with Crippen LogP contribution in [0.4, 0.5) is 0 Å². The Morgan fingerprint density at radius 3 is 2.77 bits per heavy atom. The number of benzene rings is 1. The predicted octanol–water partition coefficient (Wildman–Crippen LogP) is 4.84. The maximum Gasteiger partial charge on any atom is 0.249 e. The first kappa shape index (κ1) is 20.3. The van der Waals surface area contributed by atoms with Gasteiger partial charge < -0.3 is 9.30 Å². The highest BCUT2D eigenvalue weighted by molar-refractivity contribution is 8.14. The molecule has 2 unspecified atom stereocenters. The van der Waals surface area contributed by atoms with Crippen molar-refractivity contribution in [2.24, 2.45) is 4.99 Å². The van der Waals surface area contributed by atoms with Gasteiger partial charge in [0.1, 0.15) is 11.7 Å². The first-order chi connectivity index (χ1) is 15.1. The van der Waals surface area contributed by atoms with Gasteiger partial charge in [-0.1, -0.05) is 36.4 Å². The fourth-order valence-electron chi connectivity index (χ4n) is 4.84. The number of hydrogen-bond acceptors (Lipinski definition) is 4. The van der Waals surface area contributed by atoms with E-state index in [1.165, 1.54) is 11.1 Å². The van der Waals surface area contributed by atoms with E-state index >= 15 is 0 Å². The van der Waals surface area contributed by atoms with Gasteiger partial charge >= 0.3 is 0 Å². The maximum absolute atomic E-state index is 13.7. The van der Waals surface area contributed by atoms with Crippen LogP contribution < -0.4 is 0 Å². The molecule has 0 radical (unpaired) electrons. The fourth-order valence-corrected chi connectivity index (χ4v) is 5.98. The number of aliphatic imine (C=N–C) groups is 1. The zero-order valence-electron chi connectivity index (χ0n) is 18.1. The Balaban J connectivity index is 1.39. The molecule has 31 heavy (non-hydrogen) atoms. The van der Waals surface area contributed by atoms with E-state index < -0.39 is 0 Å². The number of carbonyl (C=O) groups excluding carboxylic acids is 1. The Labute approximate surface area is 187 Å². The van der Waals surface area contributed by atoms with E-state index in [-0.39, 0.29) is 23.2 Å². The zero-order valence-corrected chi connectivity index (χ0v) is 18.9. The molecule has 0 bridgehead atoms. The van der Waals surface area contributed by atoms with E-state index in [9.17, 15) is 4.79 Å². The molecule has 6 heteroatoms. The van der Waals surface area contributed by atoms with Gasteiger partial charge in [-0.05, 0) is 50.3 Å². The molecule has 1 saturated heterocycles. The molecular weight excluding hydrogens is 404 g/mol. The number of thioether (sulfide) groups is 1. The molecule has 0 saturated carbocycles. The summed E-state index contributed by atoms with van der Waals surface area (Å²) in [4.78, 5) is 25.5. The summed E-state index contributed by atoms with van der Waals surface area (Å²) >= 11 is 1.72. The van der Waals surface area contributed by atoms with Crippen molar-refractivity contribution in [1.82, 2.24) is 14.3 Å². The third-order valence-electron chi connectivity index (χ3n) is 6.37. The van der Waals surface area contributed by atoms with E-state index in [1.807, 2.05) is 37.4 Å². The minimum Gasteiger partial charge on any atom is -0.337 e. The Morgan fingerprint density at radius 2 is 1.97 bits per heavy atom. The molecule has 3 atom stereocenters. The number of imidazole rings is 1. The largest absolute Gasteiger partial charge is 0.337 e. The van der Waals surface area contributed by atoms with E-state index in [1.54, 1.807) is 11.8 Å². The molecule has 1 amide bonds. The van der Waals surface area contributed by atoms with Gasteiger partial charge in [0.2, 0.25) is 5.91 Å². The van der Waals surface area contributed by atoms with Crippen LogP contribution in [-0.2, 0) is 11.2 Å². The zero-order chi connectivity index (χ0) is 21.4. The third-order valence-corrected chi connectivity index (χ3v) is 7.60. The predicted molar refractivity (Wildman–Crippen MR) is 127 cm³/mol.